The molecule has 0 aliphatic carbocycles. The maximum atomic E-state index is 13.5. The van der Waals surface area contributed by atoms with Crippen LogP contribution < -0.4 is 14.4 Å². The average Bonchev–Trinajstić information content (AvgIpc) is 2.83. The minimum atomic E-state index is -3.95. The van der Waals surface area contributed by atoms with Crippen LogP contribution in [0.1, 0.15) is 31.9 Å². The molecule has 6 nitrogen and oxygen atoms in total. The summed E-state index contributed by atoms with van der Waals surface area (Å²) in [6.45, 7) is 3.82. The second-order valence-electron chi connectivity index (χ2n) is 8.32. The van der Waals surface area contributed by atoms with Gasteiger partial charge in [0, 0.05) is 4.47 Å². The van der Waals surface area contributed by atoms with Crippen LogP contribution in [0.4, 0.5) is 5.69 Å². The first-order valence-electron chi connectivity index (χ1n) is 11.0. The maximum absolute atomic E-state index is 13.5. The minimum Gasteiger partial charge on any atom is -0.497 e. The molecule has 0 aliphatic heterocycles. The van der Waals surface area contributed by atoms with Crippen molar-refractivity contribution in [1.82, 2.24) is 5.32 Å². The number of hydrogen-bond acceptors (Lipinski definition) is 4. The van der Waals surface area contributed by atoms with E-state index in [1.54, 1.807) is 49.6 Å². The largest absolute Gasteiger partial charge is 0.497 e. The van der Waals surface area contributed by atoms with Gasteiger partial charge >= 0.3 is 0 Å². The van der Waals surface area contributed by atoms with E-state index < -0.39 is 10.0 Å². The maximum Gasteiger partial charge on any atom is 0.264 e. The molecule has 3 rings (SSSR count). The molecule has 34 heavy (non-hydrogen) atoms. The van der Waals surface area contributed by atoms with Gasteiger partial charge in [-0.15, -0.1) is 0 Å². The van der Waals surface area contributed by atoms with Crippen molar-refractivity contribution in [1.29, 1.82) is 0 Å². The van der Waals surface area contributed by atoms with Gasteiger partial charge in [-0.05, 0) is 66.4 Å². The number of ether oxygens (including phenoxy) is 1. The number of carbonyl (C=O) groups is 1. The number of halogens is 1. The average molecular weight is 545 g/mol. The van der Waals surface area contributed by atoms with Gasteiger partial charge in [0.2, 0.25) is 5.91 Å². The summed E-state index contributed by atoms with van der Waals surface area (Å²) in [7, 11) is -2.35. The van der Waals surface area contributed by atoms with E-state index >= 15 is 0 Å². The molecule has 0 aliphatic rings. The minimum absolute atomic E-state index is 0.125. The highest BCUT2D eigenvalue weighted by Crippen LogP contribution is 2.27. The second kappa shape index (κ2) is 11.5. The highest BCUT2D eigenvalue weighted by Gasteiger charge is 2.28. The number of sulfonamides is 1. The number of benzene rings is 3. The zero-order valence-corrected chi connectivity index (χ0v) is 21.8. The monoisotopic (exact) mass is 544 g/mol. The molecule has 0 saturated heterocycles. The van der Waals surface area contributed by atoms with Crippen molar-refractivity contribution in [2.75, 3.05) is 18.0 Å². The molecule has 3 aromatic carbocycles. The summed E-state index contributed by atoms with van der Waals surface area (Å²) >= 11 is 3.38. The smallest absolute Gasteiger partial charge is 0.264 e. The third-order valence-corrected chi connectivity index (χ3v) is 7.61. The lowest BCUT2D eigenvalue weighted by Gasteiger charge is -2.26. The van der Waals surface area contributed by atoms with Crippen molar-refractivity contribution < 1.29 is 17.9 Å². The van der Waals surface area contributed by atoms with Crippen LogP contribution in [-0.4, -0.2) is 28.0 Å². The lowest BCUT2D eigenvalue weighted by atomic mass is 9.97. The molecule has 0 radical (unpaired) electrons. The molecule has 0 saturated carbocycles. The van der Waals surface area contributed by atoms with Gasteiger partial charge in [0.05, 0.1) is 23.7 Å². The van der Waals surface area contributed by atoms with Crippen LogP contribution >= 0.6 is 15.9 Å². The number of rotatable bonds is 10. The Morgan fingerprint density at radius 1 is 0.971 bits per heavy atom. The van der Waals surface area contributed by atoms with Crippen LogP contribution in [0.25, 0.3) is 0 Å². The van der Waals surface area contributed by atoms with E-state index in [0.29, 0.717) is 18.0 Å². The van der Waals surface area contributed by atoms with E-state index in [1.807, 2.05) is 24.3 Å². The first-order chi connectivity index (χ1) is 16.2. The number of hydrogen-bond donors (Lipinski definition) is 1. The zero-order chi connectivity index (χ0) is 24.7. The topological polar surface area (TPSA) is 75.7 Å². The molecule has 0 unspecified atom stereocenters. The molecule has 8 heteroatoms. The first-order valence-corrected chi connectivity index (χ1v) is 13.2. The van der Waals surface area contributed by atoms with Crippen molar-refractivity contribution in [2.45, 2.75) is 31.2 Å². The Balaban J connectivity index is 1.89. The lowest BCUT2D eigenvalue weighted by molar-refractivity contribution is -0.120. The van der Waals surface area contributed by atoms with Crippen LogP contribution in [0.2, 0.25) is 0 Å². The Morgan fingerprint density at radius 3 is 2.15 bits per heavy atom. The Hall–Kier alpha value is -2.84. The third-order valence-electron chi connectivity index (χ3n) is 5.29. The number of anilines is 1. The number of amides is 1. The van der Waals surface area contributed by atoms with Gasteiger partial charge in [0.1, 0.15) is 12.3 Å². The van der Waals surface area contributed by atoms with Crippen LogP contribution in [0.3, 0.4) is 0 Å². The number of carbonyl (C=O) groups excluding carboxylic acids is 1. The second-order valence-corrected chi connectivity index (χ2v) is 11.1. The summed E-state index contributed by atoms with van der Waals surface area (Å²) in [4.78, 5) is 13.3. The molecular weight excluding hydrogens is 516 g/mol. The Bertz CT molecular complexity index is 1180. The standard InChI is InChI=1S/C26H29BrN2O4S/c1-19(2)17-25(20-9-15-23(33-3)16-10-20)28-26(30)18-29(22-13-11-21(27)12-14-22)34(31,32)24-7-5-4-6-8-24/h4-16,19,25H,17-18H2,1-3H3,(H,28,30)/t25-/m1/s1. The fraction of sp³-hybridized carbons (Fsp3) is 0.269. The quantitative estimate of drug-likeness (QED) is 0.362. The van der Waals surface area contributed by atoms with Crippen molar-refractivity contribution in [3.8, 4) is 5.75 Å². The molecular formula is C26H29BrN2O4S. The van der Waals surface area contributed by atoms with Gasteiger partial charge in [-0.1, -0.05) is 60.1 Å². The number of nitrogens with one attached hydrogen (secondary N) is 1. The predicted octanol–water partition coefficient (Wildman–Crippen LogP) is 5.56. The number of nitrogens with zero attached hydrogens (tertiary/aromatic N) is 1. The van der Waals surface area contributed by atoms with Crippen molar-refractivity contribution >= 4 is 37.5 Å². The summed E-state index contributed by atoms with van der Waals surface area (Å²) in [6.07, 6.45) is 0.710. The Labute approximate surface area is 210 Å². The van der Waals surface area contributed by atoms with Gasteiger partial charge in [-0.25, -0.2) is 8.42 Å². The van der Waals surface area contributed by atoms with Crippen LogP contribution in [-0.2, 0) is 14.8 Å². The molecule has 1 amide bonds. The van der Waals surface area contributed by atoms with E-state index in [9.17, 15) is 13.2 Å². The normalized spacial score (nSPS) is 12.3. The first kappa shape index (κ1) is 25.8. The summed E-state index contributed by atoms with van der Waals surface area (Å²) in [5.41, 5.74) is 1.34. The highest BCUT2D eigenvalue weighted by atomic mass is 79.9. The van der Waals surface area contributed by atoms with E-state index in [4.69, 9.17) is 4.74 Å². The third kappa shape index (κ3) is 6.61. The molecule has 180 valence electrons. The fourth-order valence-corrected chi connectivity index (χ4v) is 5.30. The highest BCUT2D eigenvalue weighted by molar-refractivity contribution is 9.10. The van der Waals surface area contributed by atoms with Gasteiger partial charge in [0.15, 0.2) is 0 Å². The summed E-state index contributed by atoms with van der Waals surface area (Å²) in [6, 6.07) is 22.2. The Morgan fingerprint density at radius 2 is 1.59 bits per heavy atom. The number of methoxy groups -OCH3 is 1. The van der Waals surface area contributed by atoms with Crippen molar-refractivity contribution in [2.24, 2.45) is 5.92 Å². The van der Waals surface area contributed by atoms with Crippen LogP contribution in [0.5, 0.6) is 5.75 Å². The van der Waals surface area contributed by atoms with Gasteiger partial charge in [0.25, 0.3) is 10.0 Å². The molecule has 0 bridgehead atoms. The van der Waals surface area contributed by atoms with E-state index in [-0.39, 0.29) is 23.4 Å². The molecule has 1 atom stereocenters. The van der Waals surface area contributed by atoms with E-state index in [1.165, 1.54) is 12.1 Å². The SMILES string of the molecule is COc1ccc([C@@H](CC(C)C)NC(=O)CN(c2ccc(Br)cc2)S(=O)(=O)c2ccccc2)cc1. The van der Waals surface area contributed by atoms with Crippen molar-refractivity contribution in [3.63, 3.8) is 0 Å². The molecule has 0 aromatic heterocycles. The summed E-state index contributed by atoms with van der Waals surface area (Å²) in [5, 5.41) is 3.04. The summed E-state index contributed by atoms with van der Waals surface area (Å²) < 4.78 is 34.1. The van der Waals surface area contributed by atoms with Crippen molar-refractivity contribution in [3.05, 3.63) is 88.9 Å². The lowest BCUT2D eigenvalue weighted by Crippen LogP contribution is -2.42. The Kier molecular flexibility index (Phi) is 8.74. The predicted molar refractivity (Wildman–Crippen MR) is 138 cm³/mol. The molecule has 1 N–H and O–H groups in total. The van der Waals surface area contributed by atoms with Crippen LogP contribution in [0, 0.1) is 5.92 Å². The fourth-order valence-electron chi connectivity index (χ4n) is 3.60. The van der Waals surface area contributed by atoms with E-state index in [0.717, 1.165) is 20.1 Å². The molecule has 3 aromatic rings. The molecule has 0 fully saturated rings. The van der Waals surface area contributed by atoms with Gasteiger partial charge < -0.3 is 10.1 Å². The van der Waals surface area contributed by atoms with Gasteiger partial charge in [-0.2, -0.15) is 0 Å². The van der Waals surface area contributed by atoms with Gasteiger partial charge in [-0.3, -0.25) is 9.10 Å². The molecule has 0 heterocycles. The summed E-state index contributed by atoms with van der Waals surface area (Å²) in [5.74, 6) is 0.667. The molecule has 0 spiro atoms. The van der Waals surface area contributed by atoms with Crippen LogP contribution in [0.15, 0.2) is 88.2 Å². The van der Waals surface area contributed by atoms with E-state index in [2.05, 4.69) is 35.1 Å². The zero-order valence-electron chi connectivity index (χ0n) is 19.4.